The molecular weight excluding hydrogens is 1040 g/mol. The van der Waals surface area contributed by atoms with Crippen LogP contribution in [0, 0.1) is 39.5 Å². The molecule has 2 amide bonds. The molecule has 0 saturated carbocycles. The molecule has 3 N–H and O–H groups in total. The topological polar surface area (TPSA) is 225 Å². The number of hydrogen-bond donors (Lipinski definition) is 3. The maximum absolute atomic E-state index is 13.2. The van der Waals surface area contributed by atoms with E-state index in [1.54, 1.807) is 65.1 Å². The zero-order valence-corrected chi connectivity index (χ0v) is 49.9. The highest BCUT2D eigenvalue weighted by Crippen LogP contribution is 2.30. The maximum atomic E-state index is 13.2. The van der Waals surface area contributed by atoms with Crippen LogP contribution in [-0.2, 0) is 29.6 Å². The van der Waals surface area contributed by atoms with E-state index in [4.69, 9.17) is 21.1 Å². The zero-order valence-electron chi connectivity index (χ0n) is 47.5. The summed E-state index contributed by atoms with van der Waals surface area (Å²) in [4.78, 5) is 32.3. The van der Waals surface area contributed by atoms with Crippen molar-refractivity contribution in [3.05, 3.63) is 75.9 Å². The predicted octanol–water partition coefficient (Wildman–Crippen LogP) is 7.04. The highest BCUT2D eigenvalue weighted by atomic mass is 35.5. The number of aryl methyl sites for hydroxylation is 4. The summed E-state index contributed by atoms with van der Waals surface area (Å²) in [6.07, 6.45) is 4.96. The van der Waals surface area contributed by atoms with Crippen molar-refractivity contribution in [2.45, 2.75) is 104 Å². The Morgan fingerprint density at radius 3 is 1.36 bits per heavy atom. The molecule has 4 aromatic rings. The first kappa shape index (κ1) is 64.5. The highest BCUT2D eigenvalue weighted by molar-refractivity contribution is 7.89. The molecule has 4 heterocycles. The molecule has 0 radical (unpaired) electrons. The molecule has 0 atom stereocenters. The van der Waals surface area contributed by atoms with Crippen LogP contribution in [0.25, 0.3) is 0 Å². The molecule has 428 valence electrons. The van der Waals surface area contributed by atoms with Crippen LogP contribution in [-0.4, -0.2) is 174 Å². The molecule has 2 aromatic heterocycles. The van der Waals surface area contributed by atoms with Crippen molar-refractivity contribution in [3.8, 4) is 11.5 Å². The lowest BCUT2D eigenvalue weighted by Gasteiger charge is -2.34. The van der Waals surface area contributed by atoms with Crippen LogP contribution >= 0.6 is 11.6 Å². The molecule has 77 heavy (non-hydrogen) atoms. The standard InChI is InChI=1S/C27H42N6O4S.C17H21ClN4O4S.C10H22N2/c1-7-32(8-2)19-22-11-15-33(16-12-22)25-10-9-24(29-30-25)28-26(34)13-14-31(5)38(35,36)27-20(3)17-23(37-6)18-21(27)4;1-11-9-13(26-4)10-12(2)17(11)27(24,25)22(3)8-7-16(23)19-15-6-5-14(18)20-21-15;1-3-12(4-2)9-10-5-7-11-8-6-10/h9-10,17-18,22H,7-8,11-16,19H2,1-6H3,(H,28,29,34);5-6,9-10H,7-8H2,1-4H3,(H,19,21,23);10-11H,3-9H2,1-2H3. The summed E-state index contributed by atoms with van der Waals surface area (Å²) in [6.45, 7) is 27.3. The molecule has 20 nitrogen and oxygen atoms in total. The Kier molecular flexibility index (Phi) is 26.4. The van der Waals surface area contributed by atoms with Gasteiger partial charge in [0.05, 0.1) is 24.0 Å². The minimum absolute atomic E-state index is 0.00649. The molecule has 23 heteroatoms. The minimum Gasteiger partial charge on any atom is -0.497 e. The quantitative estimate of drug-likeness (QED) is 0.0677. The highest BCUT2D eigenvalue weighted by Gasteiger charge is 2.28. The van der Waals surface area contributed by atoms with Gasteiger partial charge in [-0.25, -0.2) is 25.4 Å². The Morgan fingerprint density at radius 2 is 1.01 bits per heavy atom. The van der Waals surface area contributed by atoms with Crippen LogP contribution in [0.5, 0.6) is 11.5 Å². The summed E-state index contributed by atoms with van der Waals surface area (Å²) in [5, 5.41) is 24.7. The van der Waals surface area contributed by atoms with Crippen LogP contribution in [0.2, 0.25) is 5.15 Å². The maximum Gasteiger partial charge on any atom is 0.243 e. The number of anilines is 3. The number of methoxy groups -OCH3 is 2. The molecule has 2 aromatic carbocycles. The van der Waals surface area contributed by atoms with Crippen molar-refractivity contribution in [3.63, 3.8) is 0 Å². The number of benzene rings is 2. The molecule has 0 aliphatic carbocycles. The Morgan fingerprint density at radius 1 is 0.623 bits per heavy atom. The number of carbonyl (C=O) groups excluding carboxylic acids is 2. The van der Waals surface area contributed by atoms with E-state index in [1.165, 1.54) is 83.2 Å². The first-order valence-electron chi connectivity index (χ1n) is 26.7. The van der Waals surface area contributed by atoms with E-state index in [0.29, 0.717) is 45.5 Å². The van der Waals surface area contributed by atoms with Crippen LogP contribution in [0.1, 0.15) is 88.5 Å². The molecule has 6 rings (SSSR count). The molecule has 2 fully saturated rings. The van der Waals surface area contributed by atoms with Gasteiger partial charge in [-0.3, -0.25) is 9.59 Å². The lowest BCUT2D eigenvalue weighted by molar-refractivity contribution is -0.117. The van der Waals surface area contributed by atoms with Crippen LogP contribution in [0.4, 0.5) is 17.5 Å². The number of nitrogens with one attached hydrogen (secondary N) is 3. The monoisotopic (exact) mass is 1130 g/mol. The van der Waals surface area contributed by atoms with E-state index in [0.717, 1.165) is 61.6 Å². The molecule has 2 aliphatic heterocycles. The van der Waals surface area contributed by atoms with Gasteiger partial charge in [0.2, 0.25) is 31.9 Å². The number of rotatable bonds is 23. The average molecular weight is 1130 g/mol. The van der Waals surface area contributed by atoms with E-state index in [9.17, 15) is 26.4 Å². The number of nitrogens with zero attached hydrogens (tertiary/aromatic N) is 9. The van der Waals surface area contributed by atoms with Crippen molar-refractivity contribution in [1.29, 1.82) is 0 Å². The summed E-state index contributed by atoms with van der Waals surface area (Å²) in [5.41, 5.74) is 2.36. The predicted molar refractivity (Wildman–Crippen MR) is 306 cm³/mol. The number of carbonyl (C=O) groups is 2. The Labute approximate surface area is 464 Å². The Bertz CT molecular complexity index is 2650. The third-order valence-corrected chi connectivity index (χ3v) is 18.5. The zero-order chi connectivity index (χ0) is 56.9. The number of sulfonamides is 2. The summed E-state index contributed by atoms with van der Waals surface area (Å²) in [6, 6.07) is 13.3. The van der Waals surface area contributed by atoms with Crippen molar-refractivity contribution < 1.29 is 35.9 Å². The number of hydrogen-bond acceptors (Lipinski definition) is 16. The van der Waals surface area contributed by atoms with Gasteiger partial charge < -0.3 is 40.1 Å². The molecule has 2 aliphatic rings. The van der Waals surface area contributed by atoms with E-state index in [2.05, 4.69) is 78.7 Å². The third kappa shape index (κ3) is 19.7. The number of ether oxygens (including phenoxy) is 2. The van der Waals surface area contributed by atoms with Gasteiger partial charge in [-0.2, -0.15) is 0 Å². The van der Waals surface area contributed by atoms with Crippen LogP contribution in [0.3, 0.4) is 0 Å². The molecule has 0 spiro atoms. The lowest BCUT2D eigenvalue weighted by atomic mass is 9.96. The van der Waals surface area contributed by atoms with Gasteiger partial charge in [0, 0.05) is 66.2 Å². The van der Waals surface area contributed by atoms with E-state index < -0.39 is 20.0 Å². The fourth-order valence-corrected chi connectivity index (χ4v) is 12.6. The van der Waals surface area contributed by atoms with Gasteiger partial charge in [-0.1, -0.05) is 39.3 Å². The van der Waals surface area contributed by atoms with E-state index in [1.807, 2.05) is 6.07 Å². The fraction of sp³-hybridized carbons (Fsp3) is 0.593. The van der Waals surface area contributed by atoms with Crippen molar-refractivity contribution >= 4 is 60.9 Å². The summed E-state index contributed by atoms with van der Waals surface area (Å²) >= 11 is 5.64. The Hall–Kier alpha value is -5.07. The summed E-state index contributed by atoms with van der Waals surface area (Å²) in [7, 11) is -1.53. The van der Waals surface area contributed by atoms with E-state index in [-0.39, 0.29) is 58.5 Å². The Balaban J connectivity index is 0.000000283. The summed E-state index contributed by atoms with van der Waals surface area (Å²) < 4.78 is 64.9. The first-order chi connectivity index (χ1) is 36.6. The average Bonchev–Trinajstić information content (AvgIpc) is 3.41. The number of halogens is 1. The number of piperidine rings is 2. The van der Waals surface area contributed by atoms with Crippen molar-refractivity contribution in [1.82, 2.24) is 44.1 Å². The van der Waals surface area contributed by atoms with Crippen molar-refractivity contribution in [2.75, 3.05) is 122 Å². The second-order valence-corrected chi connectivity index (χ2v) is 23.9. The molecule has 0 unspecified atom stereocenters. The van der Waals surface area contributed by atoms with Gasteiger partial charge in [0.15, 0.2) is 22.6 Å². The first-order valence-corrected chi connectivity index (χ1v) is 29.9. The fourth-order valence-electron chi connectivity index (χ4n) is 9.40. The molecule has 0 bridgehead atoms. The largest absolute Gasteiger partial charge is 0.497 e. The van der Waals surface area contributed by atoms with Gasteiger partial charge in [0.1, 0.15) is 11.5 Å². The smallest absolute Gasteiger partial charge is 0.243 e. The number of aromatic nitrogens is 4. The molecular formula is C54H85ClN12O8S2. The van der Waals surface area contributed by atoms with Crippen molar-refractivity contribution in [2.24, 2.45) is 11.8 Å². The minimum atomic E-state index is -3.76. The van der Waals surface area contributed by atoms with Gasteiger partial charge in [0.25, 0.3) is 0 Å². The molecule has 2 saturated heterocycles. The summed E-state index contributed by atoms with van der Waals surface area (Å²) in [5.74, 6) is 3.55. The van der Waals surface area contributed by atoms with Crippen LogP contribution in [0.15, 0.2) is 58.3 Å². The van der Waals surface area contributed by atoms with Gasteiger partial charge in [-0.05, 0) is 175 Å². The van der Waals surface area contributed by atoms with Gasteiger partial charge >= 0.3 is 0 Å². The third-order valence-electron chi connectivity index (χ3n) is 14.0. The second-order valence-electron chi connectivity index (χ2n) is 19.5. The van der Waals surface area contributed by atoms with Gasteiger partial charge in [-0.15, -0.1) is 20.4 Å². The second kappa shape index (κ2) is 31.5. The number of amides is 2. The van der Waals surface area contributed by atoms with Crippen LogP contribution < -0.4 is 30.3 Å². The lowest BCUT2D eigenvalue weighted by Crippen LogP contribution is -2.39. The normalized spacial score (nSPS) is 14.5. The SMILES string of the molecule is CCN(CC)CC1CCN(c2ccc(NC(=O)CCN(C)S(=O)(=O)c3c(C)cc(OC)cc3C)nn2)CC1.CCN(CC)CC1CCNCC1.COc1cc(C)c(S(=O)(=O)N(C)CCC(=O)Nc2ccc(Cl)nn2)c(C)c1. The van der Waals surface area contributed by atoms with E-state index >= 15 is 0 Å².